The Kier molecular flexibility index (Phi) is 8.53. The molecule has 0 saturated carbocycles. The highest BCUT2D eigenvalue weighted by molar-refractivity contribution is 7.45. The molecule has 0 radical (unpaired) electrons. The molecule has 0 saturated heterocycles. The Labute approximate surface area is 189 Å². The first-order valence-electron chi connectivity index (χ1n) is 9.58. The third kappa shape index (κ3) is 7.27. The van der Waals surface area contributed by atoms with Gasteiger partial charge in [0.2, 0.25) is 11.7 Å². The van der Waals surface area contributed by atoms with E-state index >= 15 is 0 Å². The molecular weight excluding hydrogens is 497 g/mol. The number of hydrogen-bond donors (Lipinski definition) is 4. The quantitative estimate of drug-likeness (QED) is 0.276. The predicted molar refractivity (Wildman–Crippen MR) is 104 cm³/mol. The number of aromatic nitrogens is 2. The Balaban J connectivity index is 0.000000739. The summed E-state index contributed by atoms with van der Waals surface area (Å²) in [6, 6.07) is -0.445. The number of hydrogen-bond acceptors (Lipinski definition) is 4. The highest BCUT2D eigenvalue weighted by Gasteiger charge is 2.40. The molecule has 16 heteroatoms. The minimum Gasteiger partial charge on any atom is -0.333 e. The van der Waals surface area contributed by atoms with Crippen LogP contribution in [0.4, 0.5) is 26.3 Å². The third-order valence-corrected chi connectivity index (χ3v) is 4.93. The Morgan fingerprint density at radius 3 is 2.29 bits per heavy atom. The summed E-state index contributed by atoms with van der Waals surface area (Å²) in [4.78, 5) is 39.0. The van der Waals surface area contributed by atoms with Crippen LogP contribution in [0.2, 0.25) is 0 Å². The molecule has 2 heterocycles. The van der Waals surface area contributed by atoms with Gasteiger partial charge in [-0.3, -0.25) is 4.79 Å². The molecule has 3 rings (SSSR count). The highest BCUT2D eigenvalue weighted by Crippen LogP contribution is 2.34. The number of nitrogens with zero attached hydrogens (tertiary/aromatic N) is 3. The standard InChI is InChI=1S/C18H18F6N4O.H3O4P/c1-9-15-8-26-17(18(22,23)24)28(15)3-2-27(9)16(29)6-11(25)4-10-5-13(20)14(21)7-12(10)19;1-5(2,3)4/h5,7-9,11H,2-4,6,25H2,1H3;(H3,1,2,3,4)/t9-,11-;/m1./s1. The van der Waals surface area contributed by atoms with Gasteiger partial charge < -0.3 is 29.9 Å². The van der Waals surface area contributed by atoms with Crippen molar-refractivity contribution in [1.82, 2.24) is 14.5 Å². The van der Waals surface area contributed by atoms with Gasteiger partial charge >= 0.3 is 14.0 Å². The maximum Gasteiger partial charge on any atom is 0.466 e. The van der Waals surface area contributed by atoms with E-state index in [9.17, 15) is 31.1 Å². The molecule has 1 aliphatic rings. The Hall–Kier alpha value is -2.45. The molecular formula is C18H21F6N4O5P. The first-order chi connectivity index (χ1) is 15.5. The number of phosphoric acid groups is 1. The van der Waals surface area contributed by atoms with E-state index in [1.807, 2.05) is 0 Å². The zero-order chi connectivity index (χ0) is 26.0. The summed E-state index contributed by atoms with van der Waals surface area (Å²) in [5, 5.41) is 0. The molecule has 0 spiro atoms. The molecule has 1 aromatic carbocycles. The van der Waals surface area contributed by atoms with Crippen LogP contribution in [0.25, 0.3) is 0 Å². The van der Waals surface area contributed by atoms with Crippen molar-refractivity contribution in [3.05, 3.63) is 52.9 Å². The number of imidazole rings is 1. The molecule has 1 aliphatic heterocycles. The van der Waals surface area contributed by atoms with Gasteiger partial charge in [-0.25, -0.2) is 22.7 Å². The largest absolute Gasteiger partial charge is 0.466 e. The van der Waals surface area contributed by atoms with E-state index in [0.29, 0.717) is 12.1 Å². The lowest BCUT2D eigenvalue weighted by Gasteiger charge is -2.35. The summed E-state index contributed by atoms with van der Waals surface area (Å²) in [6.07, 6.45) is -3.94. The second-order valence-electron chi connectivity index (χ2n) is 7.46. The Bertz CT molecular complexity index is 1080. The molecule has 34 heavy (non-hydrogen) atoms. The highest BCUT2D eigenvalue weighted by atomic mass is 31.2. The van der Waals surface area contributed by atoms with Crippen molar-refractivity contribution in [3.63, 3.8) is 0 Å². The fraction of sp³-hybridized carbons (Fsp3) is 0.444. The molecule has 9 nitrogen and oxygen atoms in total. The number of rotatable bonds is 4. The van der Waals surface area contributed by atoms with Gasteiger partial charge in [0.05, 0.1) is 17.9 Å². The first-order valence-corrected chi connectivity index (χ1v) is 11.1. The SMILES string of the molecule is C[C@@H]1c2cnc(C(F)(F)F)n2CCN1C(=O)C[C@H](N)Cc1cc(F)c(F)cc1F.O=P(O)(O)O. The molecule has 0 bridgehead atoms. The second kappa shape index (κ2) is 10.4. The van der Waals surface area contributed by atoms with Crippen molar-refractivity contribution in [3.8, 4) is 0 Å². The lowest BCUT2D eigenvalue weighted by atomic mass is 10.0. The number of halogens is 6. The minimum absolute atomic E-state index is 0.0265. The zero-order valence-electron chi connectivity index (χ0n) is 17.5. The van der Waals surface area contributed by atoms with Crippen molar-refractivity contribution < 1.29 is 50.4 Å². The van der Waals surface area contributed by atoms with Crippen LogP contribution in [-0.2, 0) is 28.5 Å². The number of carbonyl (C=O) groups is 1. The van der Waals surface area contributed by atoms with Gasteiger partial charge in [0.1, 0.15) is 5.82 Å². The van der Waals surface area contributed by atoms with Crippen LogP contribution < -0.4 is 5.73 Å². The van der Waals surface area contributed by atoms with Gasteiger partial charge in [0.25, 0.3) is 0 Å². The number of carbonyl (C=O) groups excluding carboxylic acids is 1. The van der Waals surface area contributed by atoms with Gasteiger partial charge in [0, 0.05) is 31.6 Å². The Morgan fingerprint density at radius 1 is 1.18 bits per heavy atom. The minimum atomic E-state index is -4.64. The molecule has 2 atom stereocenters. The van der Waals surface area contributed by atoms with E-state index in [2.05, 4.69) is 4.98 Å². The Morgan fingerprint density at radius 2 is 1.74 bits per heavy atom. The summed E-state index contributed by atoms with van der Waals surface area (Å²) in [7, 11) is -4.64. The zero-order valence-corrected chi connectivity index (χ0v) is 18.4. The summed E-state index contributed by atoms with van der Waals surface area (Å²) in [5.74, 6) is -4.97. The van der Waals surface area contributed by atoms with E-state index in [-0.39, 0.29) is 37.2 Å². The summed E-state index contributed by atoms with van der Waals surface area (Å²) in [5.41, 5.74) is 5.96. The molecule has 1 aromatic heterocycles. The molecule has 1 amide bonds. The van der Waals surface area contributed by atoms with E-state index in [0.717, 1.165) is 10.8 Å². The van der Waals surface area contributed by atoms with Crippen LogP contribution in [0.5, 0.6) is 0 Å². The van der Waals surface area contributed by atoms with Crippen molar-refractivity contribution in [2.45, 2.75) is 44.6 Å². The van der Waals surface area contributed by atoms with Crippen molar-refractivity contribution in [2.75, 3.05) is 6.54 Å². The van der Waals surface area contributed by atoms with Crippen molar-refractivity contribution >= 4 is 13.7 Å². The van der Waals surface area contributed by atoms with Gasteiger partial charge in [-0.1, -0.05) is 0 Å². The molecule has 2 aromatic rings. The number of alkyl halides is 3. The van der Waals surface area contributed by atoms with E-state index in [4.69, 9.17) is 25.0 Å². The van der Waals surface area contributed by atoms with Gasteiger partial charge in [-0.05, 0) is 25.0 Å². The number of benzene rings is 1. The van der Waals surface area contributed by atoms with Crippen LogP contribution in [-0.4, -0.2) is 47.6 Å². The molecule has 0 unspecified atom stereocenters. The monoisotopic (exact) mass is 518 g/mol. The first kappa shape index (κ1) is 27.8. The second-order valence-corrected chi connectivity index (χ2v) is 8.49. The van der Waals surface area contributed by atoms with Crippen LogP contribution >= 0.6 is 7.82 Å². The third-order valence-electron chi connectivity index (χ3n) is 4.93. The number of fused-ring (bicyclic) bond motifs is 1. The maximum absolute atomic E-state index is 13.7. The van der Waals surface area contributed by atoms with E-state index in [1.165, 1.54) is 4.90 Å². The normalized spacial score (nSPS) is 17.0. The fourth-order valence-electron chi connectivity index (χ4n) is 3.50. The molecule has 5 N–H and O–H groups in total. The molecule has 0 aliphatic carbocycles. The maximum atomic E-state index is 13.7. The van der Waals surface area contributed by atoms with Crippen LogP contribution in [0.15, 0.2) is 18.3 Å². The number of nitrogens with two attached hydrogens (primary N) is 1. The van der Waals surface area contributed by atoms with Gasteiger partial charge in [-0.2, -0.15) is 13.2 Å². The fourth-order valence-corrected chi connectivity index (χ4v) is 3.50. The van der Waals surface area contributed by atoms with Gasteiger partial charge in [0.15, 0.2) is 11.6 Å². The summed E-state index contributed by atoms with van der Waals surface area (Å²) < 4.78 is 89.0. The van der Waals surface area contributed by atoms with E-state index in [1.54, 1.807) is 6.92 Å². The number of amides is 1. The lowest BCUT2D eigenvalue weighted by molar-refractivity contribution is -0.148. The topological polar surface area (TPSA) is 142 Å². The lowest BCUT2D eigenvalue weighted by Crippen LogP contribution is -2.43. The summed E-state index contributed by atoms with van der Waals surface area (Å²) in [6.45, 7) is 1.53. The van der Waals surface area contributed by atoms with Crippen LogP contribution in [0.3, 0.4) is 0 Å². The molecule has 190 valence electrons. The van der Waals surface area contributed by atoms with Crippen LogP contribution in [0, 0.1) is 17.5 Å². The average molecular weight is 518 g/mol. The smallest absolute Gasteiger partial charge is 0.333 e. The van der Waals surface area contributed by atoms with Crippen molar-refractivity contribution in [2.24, 2.45) is 5.73 Å². The molecule has 0 fully saturated rings. The average Bonchev–Trinajstić information content (AvgIpc) is 3.10. The van der Waals surface area contributed by atoms with E-state index < -0.39 is 55.3 Å². The summed E-state index contributed by atoms with van der Waals surface area (Å²) >= 11 is 0. The predicted octanol–water partition coefficient (Wildman–Crippen LogP) is 2.25. The van der Waals surface area contributed by atoms with Gasteiger partial charge in [-0.15, -0.1) is 0 Å². The van der Waals surface area contributed by atoms with Crippen molar-refractivity contribution in [1.29, 1.82) is 0 Å². The van der Waals surface area contributed by atoms with Crippen LogP contribution in [0.1, 0.15) is 36.5 Å².